The molecule has 1 N–H and O–H groups in total. The number of anilines is 1. The minimum Gasteiger partial charge on any atom is -0.395 e. The number of rotatable bonds is 4. The van der Waals surface area contributed by atoms with Crippen LogP contribution in [0.4, 0.5) is 5.82 Å². The summed E-state index contributed by atoms with van der Waals surface area (Å²) in [5, 5.41) is 10.3. The number of hydrogen-bond donors (Lipinski definition) is 1. The molecule has 0 atom stereocenters. The van der Waals surface area contributed by atoms with Gasteiger partial charge in [-0.1, -0.05) is 28.1 Å². The zero-order chi connectivity index (χ0) is 15.7. The average molecular weight is 378 g/mol. The van der Waals surface area contributed by atoms with Gasteiger partial charge in [0.1, 0.15) is 17.0 Å². The van der Waals surface area contributed by atoms with Gasteiger partial charge in [-0.15, -0.1) is 11.3 Å². The second-order valence-electron chi connectivity index (χ2n) is 5.06. The van der Waals surface area contributed by atoms with Crippen LogP contribution in [-0.2, 0) is 0 Å². The number of aryl methyl sites for hydroxylation is 1. The maximum absolute atomic E-state index is 9.20. The van der Waals surface area contributed by atoms with Crippen molar-refractivity contribution in [3.8, 4) is 11.1 Å². The lowest BCUT2D eigenvalue weighted by atomic mass is 10.0. The molecule has 0 aliphatic heterocycles. The molecule has 2 aromatic heterocycles. The van der Waals surface area contributed by atoms with Crippen molar-refractivity contribution in [2.45, 2.75) is 6.92 Å². The lowest BCUT2D eigenvalue weighted by molar-refractivity contribution is 0.304. The summed E-state index contributed by atoms with van der Waals surface area (Å²) in [7, 11) is 1.94. The standard InChI is InChI=1S/C16H16BrN3OS/c1-10-13(11-3-5-12(17)6-4-11)14-15(20(2)7-8-21)18-9-19-16(14)22-10/h3-6,9,21H,7-8H2,1-2H3. The summed E-state index contributed by atoms with van der Waals surface area (Å²) in [5.74, 6) is 0.862. The van der Waals surface area contributed by atoms with Crippen molar-refractivity contribution in [2.24, 2.45) is 0 Å². The van der Waals surface area contributed by atoms with Crippen molar-refractivity contribution in [3.05, 3.63) is 39.9 Å². The van der Waals surface area contributed by atoms with Crippen LogP contribution in [0.1, 0.15) is 4.88 Å². The van der Waals surface area contributed by atoms with Crippen LogP contribution in [0.15, 0.2) is 35.1 Å². The highest BCUT2D eigenvalue weighted by atomic mass is 79.9. The minimum absolute atomic E-state index is 0.0960. The minimum atomic E-state index is 0.0960. The molecule has 6 heteroatoms. The lowest BCUT2D eigenvalue weighted by Gasteiger charge is -2.18. The van der Waals surface area contributed by atoms with Gasteiger partial charge in [0.2, 0.25) is 0 Å². The van der Waals surface area contributed by atoms with Gasteiger partial charge in [0, 0.05) is 28.5 Å². The summed E-state index contributed by atoms with van der Waals surface area (Å²) in [6, 6.07) is 8.28. The molecule has 3 aromatic rings. The van der Waals surface area contributed by atoms with E-state index < -0.39 is 0 Å². The Hall–Kier alpha value is -1.50. The van der Waals surface area contributed by atoms with E-state index in [2.05, 4.69) is 45.0 Å². The second-order valence-corrected chi connectivity index (χ2v) is 7.18. The Bertz CT molecular complexity index is 801. The molecule has 0 bridgehead atoms. The van der Waals surface area contributed by atoms with Crippen LogP contribution >= 0.6 is 27.3 Å². The van der Waals surface area contributed by atoms with Gasteiger partial charge in [-0.05, 0) is 24.6 Å². The number of hydrogen-bond acceptors (Lipinski definition) is 5. The first kappa shape index (κ1) is 15.4. The first-order chi connectivity index (χ1) is 10.6. The molecule has 1 aromatic carbocycles. The van der Waals surface area contributed by atoms with E-state index in [1.165, 1.54) is 10.4 Å². The molecule has 0 aliphatic carbocycles. The number of halogens is 1. The fourth-order valence-corrected chi connectivity index (χ4v) is 3.81. The number of aromatic nitrogens is 2. The summed E-state index contributed by atoms with van der Waals surface area (Å²) in [4.78, 5) is 13.0. The molecule has 2 heterocycles. The average Bonchev–Trinajstić information content (AvgIpc) is 2.84. The van der Waals surface area contributed by atoms with Crippen LogP contribution in [0.25, 0.3) is 21.3 Å². The normalized spacial score (nSPS) is 11.1. The molecule has 22 heavy (non-hydrogen) atoms. The highest BCUT2D eigenvalue weighted by Gasteiger charge is 2.18. The maximum atomic E-state index is 9.20. The predicted molar refractivity (Wildman–Crippen MR) is 95.6 cm³/mol. The van der Waals surface area contributed by atoms with Crippen LogP contribution in [0.2, 0.25) is 0 Å². The van der Waals surface area contributed by atoms with Crippen molar-refractivity contribution in [2.75, 3.05) is 25.1 Å². The van der Waals surface area contributed by atoms with Gasteiger partial charge in [-0.3, -0.25) is 0 Å². The SMILES string of the molecule is Cc1sc2ncnc(N(C)CCO)c2c1-c1ccc(Br)cc1. The van der Waals surface area contributed by atoms with Gasteiger partial charge in [0.25, 0.3) is 0 Å². The third kappa shape index (κ3) is 2.74. The van der Waals surface area contributed by atoms with Crippen molar-refractivity contribution < 1.29 is 5.11 Å². The van der Waals surface area contributed by atoms with Gasteiger partial charge < -0.3 is 10.0 Å². The van der Waals surface area contributed by atoms with Gasteiger partial charge in [0.05, 0.1) is 12.0 Å². The van der Waals surface area contributed by atoms with Crippen molar-refractivity contribution in [1.29, 1.82) is 0 Å². The Kier molecular flexibility index (Phi) is 4.42. The molecule has 0 unspecified atom stereocenters. The van der Waals surface area contributed by atoms with E-state index in [9.17, 15) is 5.11 Å². The molecule has 4 nitrogen and oxygen atoms in total. The van der Waals surface area contributed by atoms with Gasteiger partial charge in [-0.2, -0.15) is 0 Å². The summed E-state index contributed by atoms with van der Waals surface area (Å²) in [6.07, 6.45) is 1.59. The first-order valence-corrected chi connectivity index (χ1v) is 8.54. The molecule has 0 fully saturated rings. The second kappa shape index (κ2) is 6.32. The Labute approximate surface area is 141 Å². The predicted octanol–water partition coefficient (Wildman–Crippen LogP) is 3.86. The highest BCUT2D eigenvalue weighted by molar-refractivity contribution is 9.10. The van der Waals surface area contributed by atoms with E-state index in [0.717, 1.165) is 26.1 Å². The monoisotopic (exact) mass is 377 g/mol. The van der Waals surface area contributed by atoms with Crippen LogP contribution in [-0.4, -0.2) is 35.3 Å². The van der Waals surface area contributed by atoms with Crippen LogP contribution in [0, 0.1) is 6.92 Å². The number of benzene rings is 1. The number of nitrogens with zero attached hydrogens (tertiary/aromatic N) is 3. The summed E-state index contributed by atoms with van der Waals surface area (Å²) < 4.78 is 1.06. The molecule has 0 radical (unpaired) electrons. The van der Waals surface area contributed by atoms with Crippen LogP contribution in [0.5, 0.6) is 0 Å². The number of thiophene rings is 1. The highest BCUT2D eigenvalue weighted by Crippen LogP contribution is 2.41. The fraction of sp³-hybridized carbons (Fsp3) is 0.250. The quantitative estimate of drug-likeness (QED) is 0.749. The first-order valence-electron chi connectivity index (χ1n) is 6.94. The van der Waals surface area contributed by atoms with E-state index in [0.29, 0.717) is 6.54 Å². The number of aliphatic hydroxyl groups is 1. The van der Waals surface area contributed by atoms with E-state index >= 15 is 0 Å². The third-order valence-electron chi connectivity index (χ3n) is 3.57. The number of fused-ring (bicyclic) bond motifs is 1. The topological polar surface area (TPSA) is 49.2 Å². The fourth-order valence-electron chi connectivity index (χ4n) is 2.54. The van der Waals surface area contributed by atoms with E-state index in [1.807, 2.05) is 24.1 Å². The molecule has 0 aliphatic rings. The van der Waals surface area contributed by atoms with Crippen molar-refractivity contribution in [1.82, 2.24) is 9.97 Å². The number of aliphatic hydroxyl groups excluding tert-OH is 1. The summed E-state index contributed by atoms with van der Waals surface area (Å²) in [6.45, 7) is 2.75. The zero-order valence-electron chi connectivity index (χ0n) is 12.4. The molecule has 0 saturated carbocycles. The van der Waals surface area contributed by atoms with Crippen LogP contribution in [0.3, 0.4) is 0 Å². The molecule has 0 amide bonds. The molecule has 0 saturated heterocycles. The maximum Gasteiger partial charge on any atom is 0.141 e. The zero-order valence-corrected chi connectivity index (χ0v) is 14.8. The van der Waals surface area contributed by atoms with E-state index in [-0.39, 0.29) is 6.61 Å². The summed E-state index contributed by atoms with van der Waals surface area (Å²) in [5.41, 5.74) is 2.33. The Morgan fingerprint density at radius 2 is 1.95 bits per heavy atom. The third-order valence-corrected chi connectivity index (χ3v) is 5.12. The van der Waals surface area contributed by atoms with Gasteiger partial charge in [-0.25, -0.2) is 9.97 Å². The van der Waals surface area contributed by atoms with Crippen molar-refractivity contribution in [3.63, 3.8) is 0 Å². The lowest BCUT2D eigenvalue weighted by Crippen LogP contribution is -2.22. The molecule has 114 valence electrons. The van der Waals surface area contributed by atoms with Crippen molar-refractivity contribution >= 4 is 43.3 Å². The Morgan fingerprint density at radius 1 is 1.23 bits per heavy atom. The van der Waals surface area contributed by atoms with Crippen LogP contribution < -0.4 is 4.90 Å². The molecule has 3 rings (SSSR count). The van der Waals surface area contributed by atoms with E-state index in [4.69, 9.17) is 0 Å². The molecular weight excluding hydrogens is 362 g/mol. The number of likely N-dealkylation sites (N-methyl/N-ethyl adjacent to an activating group) is 1. The molecular formula is C16H16BrN3OS. The Balaban J connectivity index is 2.25. The summed E-state index contributed by atoms with van der Waals surface area (Å²) >= 11 is 5.15. The van der Waals surface area contributed by atoms with Gasteiger partial charge >= 0.3 is 0 Å². The smallest absolute Gasteiger partial charge is 0.141 e. The molecule has 0 spiro atoms. The van der Waals surface area contributed by atoms with E-state index in [1.54, 1.807) is 17.7 Å². The largest absolute Gasteiger partial charge is 0.395 e. The Morgan fingerprint density at radius 3 is 2.64 bits per heavy atom. The van der Waals surface area contributed by atoms with Gasteiger partial charge in [0.15, 0.2) is 0 Å².